The predicted octanol–water partition coefficient (Wildman–Crippen LogP) is 2.97. The van der Waals surface area contributed by atoms with Gasteiger partial charge in [-0.05, 0) is 61.0 Å². The molecule has 2 heterocycles. The van der Waals surface area contributed by atoms with Crippen LogP contribution in [-0.2, 0) is 10.0 Å². The Morgan fingerprint density at radius 1 is 0.929 bits per heavy atom. The van der Waals surface area contributed by atoms with Crippen molar-refractivity contribution in [1.82, 2.24) is 19.9 Å². The van der Waals surface area contributed by atoms with E-state index in [1.807, 2.05) is 19.1 Å². The van der Waals surface area contributed by atoms with Gasteiger partial charge in [0, 0.05) is 24.3 Å². The van der Waals surface area contributed by atoms with E-state index in [4.69, 9.17) is 11.6 Å². The Labute approximate surface area is 168 Å². The molecule has 0 aliphatic rings. The molecule has 0 atom stereocenters. The third kappa shape index (κ3) is 5.62. The van der Waals surface area contributed by atoms with E-state index < -0.39 is 10.0 Å². The maximum atomic E-state index is 12.2. The molecule has 0 saturated carbocycles. The molecule has 0 aliphatic heterocycles. The highest BCUT2D eigenvalue weighted by Gasteiger charge is 2.12. The number of hydrogen-bond acceptors (Lipinski definition) is 7. The largest absolute Gasteiger partial charge is 0.367 e. The zero-order valence-corrected chi connectivity index (χ0v) is 16.6. The first kappa shape index (κ1) is 20.0. The summed E-state index contributed by atoms with van der Waals surface area (Å²) in [5.41, 5.74) is 1.09. The normalized spacial score (nSPS) is 11.2. The maximum absolute atomic E-state index is 12.2. The first-order valence-electron chi connectivity index (χ1n) is 8.45. The number of pyridine rings is 1. The molecule has 2 aromatic heterocycles. The van der Waals surface area contributed by atoms with E-state index in [-0.39, 0.29) is 11.4 Å². The second-order valence-corrected chi connectivity index (χ2v) is 8.13. The summed E-state index contributed by atoms with van der Waals surface area (Å²) in [6.45, 7) is 2.53. The van der Waals surface area contributed by atoms with Gasteiger partial charge in [0.15, 0.2) is 5.82 Å². The molecule has 3 N–H and O–H groups in total. The smallest absolute Gasteiger partial charge is 0.240 e. The van der Waals surface area contributed by atoms with Crippen LogP contribution >= 0.6 is 11.6 Å². The molecule has 0 saturated heterocycles. The number of sulfonamides is 1. The van der Waals surface area contributed by atoms with Crippen LogP contribution in [0.3, 0.4) is 0 Å². The quantitative estimate of drug-likeness (QED) is 0.482. The highest BCUT2D eigenvalue weighted by Crippen LogP contribution is 2.14. The van der Waals surface area contributed by atoms with Gasteiger partial charge in [0.05, 0.1) is 4.90 Å². The summed E-state index contributed by atoms with van der Waals surface area (Å²) in [7, 11) is -3.58. The van der Waals surface area contributed by atoms with Crippen LogP contribution in [0.15, 0.2) is 59.6 Å². The molecule has 0 unspecified atom stereocenters. The minimum atomic E-state index is -3.58. The molecule has 0 bridgehead atoms. The number of halogens is 1. The van der Waals surface area contributed by atoms with Crippen molar-refractivity contribution in [3.63, 3.8) is 0 Å². The fourth-order valence-corrected chi connectivity index (χ4v) is 3.46. The van der Waals surface area contributed by atoms with Crippen LogP contribution in [0.25, 0.3) is 0 Å². The monoisotopic (exact) mass is 418 g/mol. The van der Waals surface area contributed by atoms with Gasteiger partial charge in [-0.2, -0.15) is 0 Å². The second-order valence-electron chi connectivity index (χ2n) is 5.93. The zero-order valence-electron chi connectivity index (χ0n) is 15.1. The SMILES string of the molecule is Cc1ccnc(Nc2ccc(NCCNS(=O)(=O)c3ccc(Cl)cc3)nn2)c1. The highest BCUT2D eigenvalue weighted by atomic mass is 35.5. The molecule has 28 heavy (non-hydrogen) atoms. The molecular formula is C18H19ClN6O2S. The predicted molar refractivity (Wildman–Crippen MR) is 109 cm³/mol. The van der Waals surface area contributed by atoms with E-state index in [2.05, 4.69) is 30.5 Å². The number of rotatable bonds is 8. The molecule has 10 heteroatoms. The van der Waals surface area contributed by atoms with E-state index in [9.17, 15) is 8.42 Å². The molecule has 0 radical (unpaired) electrons. The molecule has 0 amide bonds. The second kappa shape index (κ2) is 8.96. The summed E-state index contributed by atoms with van der Waals surface area (Å²) in [5, 5.41) is 14.7. The van der Waals surface area contributed by atoms with Crippen molar-refractivity contribution >= 4 is 39.1 Å². The Kier molecular flexibility index (Phi) is 6.40. The molecule has 8 nitrogen and oxygen atoms in total. The Bertz CT molecular complexity index is 1030. The van der Waals surface area contributed by atoms with Crippen LogP contribution < -0.4 is 15.4 Å². The number of anilines is 3. The number of benzene rings is 1. The summed E-state index contributed by atoms with van der Waals surface area (Å²) in [4.78, 5) is 4.37. The topological polar surface area (TPSA) is 109 Å². The van der Waals surface area contributed by atoms with Crippen molar-refractivity contribution < 1.29 is 8.42 Å². The Hall–Kier alpha value is -2.75. The fourth-order valence-electron chi connectivity index (χ4n) is 2.30. The average molecular weight is 419 g/mol. The summed E-state index contributed by atoms with van der Waals surface area (Å²) in [5.74, 6) is 1.78. The molecule has 1 aromatic carbocycles. The molecule has 0 spiro atoms. The number of aromatic nitrogens is 3. The molecular weight excluding hydrogens is 400 g/mol. The van der Waals surface area contributed by atoms with Gasteiger partial charge in [0.2, 0.25) is 10.0 Å². The Balaban J connectivity index is 1.48. The van der Waals surface area contributed by atoms with Crippen molar-refractivity contribution in [2.45, 2.75) is 11.8 Å². The van der Waals surface area contributed by atoms with Crippen molar-refractivity contribution in [1.29, 1.82) is 0 Å². The lowest BCUT2D eigenvalue weighted by molar-refractivity contribution is 0.583. The van der Waals surface area contributed by atoms with Crippen molar-refractivity contribution in [3.05, 3.63) is 65.3 Å². The van der Waals surface area contributed by atoms with E-state index in [1.165, 1.54) is 24.3 Å². The standard InChI is InChI=1S/C18H19ClN6O2S/c1-13-8-9-20-18(12-13)23-17-7-6-16(24-25-17)21-10-11-22-28(26,27)15-4-2-14(19)3-5-15/h2-9,12,22H,10-11H2,1H3,(H,21,24)(H,20,23,25). The first-order valence-corrected chi connectivity index (χ1v) is 10.3. The highest BCUT2D eigenvalue weighted by molar-refractivity contribution is 7.89. The fraction of sp³-hybridized carbons (Fsp3) is 0.167. The van der Waals surface area contributed by atoms with Crippen LogP contribution in [0.5, 0.6) is 0 Å². The Morgan fingerprint density at radius 3 is 2.32 bits per heavy atom. The van der Waals surface area contributed by atoms with Gasteiger partial charge in [-0.25, -0.2) is 18.1 Å². The van der Waals surface area contributed by atoms with Gasteiger partial charge in [-0.1, -0.05) is 11.6 Å². The lowest BCUT2D eigenvalue weighted by Gasteiger charge is -2.09. The van der Waals surface area contributed by atoms with E-state index in [1.54, 1.807) is 18.3 Å². The number of aryl methyl sites for hydroxylation is 1. The Morgan fingerprint density at radius 2 is 1.64 bits per heavy atom. The summed E-state index contributed by atoms with van der Waals surface area (Å²) < 4.78 is 26.9. The maximum Gasteiger partial charge on any atom is 0.240 e. The molecule has 3 aromatic rings. The van der Waals surface area contributed by atoms with Gasteiger partial charge in [0.1, 0.15) is 11.6 Å². The number of hydrogen-bond donors (Lipinski definition) is 3. The van der Waals surface area contributed by atoms with Gasteiger partial charge >= 0.3 is 0 Å². The van der Waals surface area contributed by atoms with E-state index in [0.29, 0.717) is 29.0 Å². The molecule has 146 valence electrons. The third-order valence-electron chi connectivity index (χ3n) is 3.68. The lowest BCUT2D eigenvalue weighted by Crippen LogP contribution is -2.29. The average Bonchev–Trinajstić information content (AvgIpc) is 2.67. The summed E-state index contributed by atoms with van der Waals surface area (Å²) in [6, 6.07) is 13.3. The molecule has 0 aliphatic carbocycles. The summed E-state index contributed by atoms with van der Waals surface area (Å²) >= 11 is 5.77. The van der Waals surface area contributed by atoms with Crippen molar-refractivity contribution in [2.24, 2.45) is 0 Å². The van der Waals surface area contributed by atoms with Crippen molar-refractivity contribution in [2.75, 3.05) is 23.7 Å². The van der Waals surface area contributed by atoms with Gasteiger partial charge in [0.25, 0.3) is 0 Å². The van der Waals surface area contributed by atoms with Crippen molar-refractivity contribution in [3.8, 4) is 0 Å². The van der Waals surface area contributed by atoms with Gasteiger partial charge < -0.3 is 10.6 Å². The van der Waals surface area contributed by atoms with Crippen LogP contribution in [0.4, 0.5) is 17.5 Å². The first-order chi connectivity index (χ1) is 13.4. The molecule has 3 rings (SSSR count). The lowest BCUT2D eigenvalue weighted by atomic mass is 10.3. The van der Waals surface area contributed by atoms with E-state index in [0.717, 1.165) is 5.56 Å². The third-order valence-corrected chi connectivity index (χ3v) is 5.41. The van der Waals surface area contributed by atoms with Gasteiger partial charge in [-0.3, -0.25) is 0 Å². The van der Waals surface area contributed by atoms with Crippen LogP contribution in [0.2, 0.25) is 5.02 Å². The summed E-state index contributed by atoms with van der Waals surface area (Å²) in [6.07, 6.45) is 1.71. The minimum absolute atomic E-state index is 0.164. The number of nitrogens with one attached hydrogen (secondary N) is 3. The van der Waals surface area contributed by atoms with E-state index >= 15 is 0 Å². The minimum Gasteiger partial charge on any atom is -0.367 e. The van der Waals surface area contributed by atoms with Crippen LogP contribution in [0, 0.1) is 6.92 Å². The molecule has 0 fully saturated rings. The zero-order chi connectivity index (χ0) is 20.0. The van der Waals surface area contributed by atoms with Crippen LogP contribution in [0.1, 0.15) is 5.56 Å². The van der Waals surface area contributed by atoms with Gasteiger partial charge in [-0.15, -0.1) is 10.2 Å². The number of nitrogens with zero attached hydrogens (tertiary/aromatic N) is 3. The van der Waals surface area contributed by atoms with Crippen LogP contribution in [-0.4, -0.2) is 36.7 Å².